The molecule has 0 aromatic heterocycles. The van der Waals surface area contributed by atoms with E-state index in [2.05, 4.69) is 5.32 Å². The molecule has 0 atom stereocenters. The summed E-state index contributed by atoms with van der Waals surface area (Å²) in [5.41, 5.74) is 1.41. The SMILES string of the molecule is CCOc1ccc(C(=O)Nc2ccc(SC)cc2)cc1. The van der Waals surface area contributed by atoms with Crippen molar-refractivity contribution in [1.82, 2.24) is 0 Å². The summed E-state index contributed by atoms with van der Waals surface area (Å²) >= 11 is 1.67. The number of anilines is 1. The molecule has 0 bridgehead atoms. The minimum absolute atomic E-state index is 0.120. The first kappa shape index (κ1) is 14.5. The average molecular weight is 287 g/mol. The summed E-state index contributed by atoms with van der Waals surface area (Å²) in [6.45, 7) is 2.55. The zero-order chi connectivity index (χ0) is 14.4. The molecule has 0 aliphatic rings. The molecule has 0 radical (unpaired) electrons. The van der Waals surface area contributed by atoms with E-state index in [0.29, 0.717) is 12.2 Å². The number of hydrogen-bond donors (Lipinski definition) is 1. The lowest BCUT2D eigenvalue weighted by Crippen LogP contribution is -2.11. The summed E-state index contributed by atoms with van der Waals surface area (Å²) in [5, 5.41) is 2.87. The van der Waals surface area contributed by atoms with Gasteiger partial charge < -0.3 is 10.1 Å². The van der Waals surface area contributed by atoms with E-state index in [1.165, 1.54) is 4.90 Å². The molecular formula is C16H17NO2S. The Morgan fingerprint density at radius 3 is 2.30 bits per heavy atom. The van der Waals surface area contributed by atoms with Gasteiger partial charge in [0.1, 0.15) is 5.75 Å². The van der Waals surface area contributed by atoms with Gasteiger partial charge in [-0.05, 0) is 61.7 Å². The van der Waals surface area contributed by atoms with Crippen LogP contribution in [0.2, 0.25) is 0 Å². The maximum atomic E-state index is 12.1. The number of carbonyl (C=O) groups excluding carboxylic acids is 1. The largest absolute Gasteiger partial charge is 0.494 e. The summed E-state index contributed by atoms with van der Waals surface area (Å²) in [4.78, 5) is 13.3. The van der Waals surface area contributed by atoms with Crippen LogP contribution in [0.4, 0.5) is 5.69 Å². The smallest absolute Gasteiger partial charge is 0.255 e. The highest BCUT2D eigenvalue weighted by Gasteiger charge is 2.06. The first-order chi connectivity index (χ1) is 9.72. The Morgan fingerprint density at radius 1 is 1.10 bits per heavy atom. The Bertz CT molecular complexity index is 564. The third-order valence-corrected chi connectivity index (χ3v) is 3.52. The molecular weight excluding hydrogens is 270 g/mol. The number of ether oxygens (including phenoxy) is 1. The quantitative estimate of drug-likeness (QED) is 0.843. The van der Waals surface area contributed by atoms with Crippen molar-refractivity contribution in [2.75, 3.05) is 18.2 Å². The van der Waals surface area contributed by atoms with E-state index in [0.717, 1.165) is 11.4 Å². The van der Waals surface area contributed by atoms with E-state index in [1.807, 2.05) is 37.4 Å². The van der Waals surface area contributed by atoms with Crippen LogP contribution in [0.15, 0.2) is 53.4 Å². The van der Waals surface area contributed by atoms with Gasteiger partial charge in [-0.25, -0.2) is 0 Å². The Balaban J connectivity index is 2.03. The van der Waals surface area contributed by atoms with Crippen molar-refractivity contribution in [3.8, 4) is 5.75 Å². The van der Waals surface area contributed by atoms with Gasteiger partial charge in [0.15, 0.2) is 0 Å². The Labute approximate surface area is 123 Å². The van der Waals surface area contributed by atoms with Gasteiger partial charge in [-0.3, -0.25) is 4.79 Å². The molecule has 0 fully saturated rings. The number of carbonyl (C=O) groups is 1. The van der Waals surface area contributed by atoms with Gasteiger partial charge in [0.2, 0.25) is 0 Å². The van der Waals surface area contributed by atoms with Crippen molar-refractivity contribution in [3.63, 3.8) is 0 Å². The van der Waals surface area contributed by atoms with E-state index in [1.54, 1.807) is 36.0 Å². The van der Waals surface area contributed by atoms with Crippen LogP contribution in [0.1, 0.15) is 17.3 Å². The zero-order valence-corrected chi connectivity index (χ0v) is 12.4. The molecule has 0 saturated carbocycles. The van der Waals surface area contributed by atoms with E-state index in [4.69, 9.17) is 4.74 Å². The van der Waals surface area contributed by atoms with E-state index < -0.39 is 0 Å². The molecule has 3 nitrogen and oxygen atoms in total. The van der Waals surface area contributed by atoms with Crippen molar-refractivity contribution in [2.45, 2.75) is 11.8 Å². The van der Waals surface area contributed by atoms with Crippen LogP contribution in [0.5, 0.6) is 5.75 Å². The molecule has 0 spiro atoms. The summed E-state index contributed by atoms with van der Waals surface area (Å²) < 4.78 is 5.35. The van der Waals surface area contributed by atoms with Crippen LogP contribution in [-0.4, -0.2) is 18.8 Å². The lowest BCUT2D eigenvalue weighted by atomic mass is 10.2. The molecule has 0 aliphatic heterocycles. The molecule has 20 heavy (non-hydrogen) atoms. The van der Waals surface area contributed by atoms with Crippen LogP contribution in [0.25, 0.3) is 0 Å². The monoisotopic (exact) mass is 287 g/mol. The van der Waals surface area contributed by atoms with Crippen molar-refractivity contribution >= 4 is 23.4 Å². The first-order valence-corrected chi connectivity index (χ1v) is 7.63. The molecule has 1 amide bonds. The predicted octanol–water partition coefficient (Wildman–Crippen LogP) is 4.06. The number of rotatable bonds is 5. The van der Waals surface area contributed by atoms with Crippen molar-refractivity contribution in [3.05, 3.63) is 54.1 Å². The van der Waals surface area contributed by atoms with Gasteiger partial charge in [-0.1, -0.05) is 0 Å². The number of thioether (sulfide) groups is 1. The van der Waals surface area contributed by atoms with Crippen LogP contribution in [-0.2, 0) is 0 Å². The van der Waals surface area contributed by atoms with E-state index in [-0.39, 0.29) is 5.91 Å². The molecule has 1 N–H and O–H groups in total. The highest BCUT2D eigenvalue weighted by atomic mass is 32.2. The third kappa shape index (κ3) is 3.78. The average Bonchev–Trinajstić information content (AvgIpc) is 2.49. The van der Waals surface area contributed by atoms with Gasteiger partial charge >= 0.3 is 0 Å². The van der Waals surface area contributed by atoms with Gasteiger partial charge in [0, 0.05) is 16.1 Å². The van der Waals surface area contributed by atoms with Gasteiger partial charge in [-0.2, -0.15) is 0 Å². The molecule has 2 rings (SSSR count). The summed E-state index contributed by atoms with van der Waals surface area (Å²) in [5.74, 6) is 0.651. The molecule has 4 heteroatoms. The highest BCUT2D eigenvalue weighted by molar-refractivity contribution is 7.98. The first-order valence-electron chi connectivity index (χ1n) is 6.41. The van der Waals surface area contributed by atoms with Gasteiger partial charge in [-0.15, -0.1) is 11.8 Å². The van der Waals surface area contributed by atoms with E-state index in [9.17, 15) is 4.79 Å². The third-order valence-electron chi connectivity index (χ3n) is 2.78. The fourth-order valence-electron chi connectivity index (χ4n) is 1.75. The summed E-state index contributed by atoms with van der Waals surface area (Å²) in [7, 11) is 0. The molecule has 2 aromatic rings. The second-order valence-corrected chi connectivity index (χ2v) is 5.02. The van der Waals surface area contributed by atoms with Crippen molar-refractivity contribution in [1.29, 1.82) is 0 Å². The molecule has 0 unspecified atom stereocenters. The predicted molar refractivity (Wildman–Crippen MR) is 83.8 cm³/mol. The summed E-state index contributed by atoms with van der Waals surface area (Å²) in [6.07, 6.45) is 2.02. The number of amides is 1. The Hall–Kier alpha value is -1.94. The summed E-state index contributed by atoms with van der Waals surface area (Å²) in [6, 6.07) is 14.9. The fraction of sp³-hybridized carbons (Fsp3) is 0.188. The minimum Gasteiger partial charge on any atom is -0.494 e. The van der Waals surface area contributed by atoms with Crippen molar-refractivity contribution in [2.24, 2.45) is 0 Å². The normalized spacial score (nSPS) is 10.1. The highest BCUT2D eigenvalue weighted by Crippen LogP contribution is 2.18. The Morgan fingerprint density at radius 2 is 1.75 bits per heavy atom. The number of hydrogen-bond acceptors (Lipinski definition) is 3. The lowest BCUT2D eigenvalue weighted by molar-refractivity contribution is 0.102. The van der Waals surface area contributed by atoms with Gasteiger partial charge in [0.25, 0.3) is 5.91 Å². The molecule has 0 aliphatic carbocycles. The molecule has 0 heterocycles. The fourth-order valence-corrected chi connectivity index (χ4v) is 2.16. The van der Waals surface area contributed by atoms with E-state index >= 15 is 0 Å². The Kier molecular flexibility index (Phi) is 5.07. The lowest BCUT2D eigenvalue weighted by Gasteiger charge is -2.07. The van der Waals surface area contributed by atoms with Crippen LogP contribution in [0, 0.1) is 0 Å². The number of nitrogens with one attached hydrogen (secondary N) is 1. The van der Waals surface area contributed by atoms with Crippen LogP contribution >= 0.6 is 11.8 Å². The zero-order valence-electron chi connectivity index (χ0n) is 11.6. The molecule has 104 valence electrons. The second-order valence-electron chi connectivity index (χ2n) is 4.14. The second kappa shape index (κ2) is 7.01. The van der Waals surface area contributed by atoms with Gasteiger partial charge in [0.05, 0.1) is 6.61 Å². The number of benzene rings is 2. The van der Waals surface area contributed by atoms with Crippen molar-refractivity contribution < 1.29 is 9.53 Å². The van der Waals surface area contributed by atoms with Crippen LogP contribution < -0.4 is 10.1 Å². The minimum atomic E-state index is -0.120. The topological polar surface area (TPSA) is 38.3 Å². The standard InChI is InChI=1S/C16H17NO2S/c1-3-19-14-8-4-12(5-9-14)16(18)17-13-6-10-15(20-2)11-7-13/h4-11H,3H2,1-2H3,(H,17,18). The maximum absolute atomic E-state index is 12.1. The molecule has 0 saturated heterocycles. The van der Waals surface area contributed by atoms with Crippen LogP contribution in [0.3, 0.4) is 0 Å². The molecule has 2 aromatic carbocycles. The maximum Gasteiger partial charge on any atom is 0.255 e.